The standard InChI is InChI=1S/C70H52N2/c1-68(2,3)53-44-47-40-42-54-64(71-60-36-20-16-32-56(60)69(49-24-8-4-9-25-49,50-26-10-5-11-27-50)57-33-17-21-37-61(57)71)46-65(55-43-41-48(45-53)66(47)67(54)55)72-62-38-22-18-34-58(62)70(51-28-12-6-13-29-51,52-30-14-7-15-31-52)59-35-19-23-39-63(59)72/h4-46H,1-3H3. The maximum absolute atomic E-state index is 2.59. The van der Waals surface area contributed by atoms with Crippen molar-refractivity contribution in [1.29, 1.82) is 0 Å². The van der Waals surface area contributed by atoms with E-state index in [-0.39, 0.29) is 5.41 Å². The molecule has 12 aromatic carbocycles. The van der Waals surface area contributed by atoms with Crippen LogP contribution in [0.25, 0.3) is 32.3 Å². The largest absolute Gasteiger partial charge is 0.309 e. The van der Waals surface area contributed by atoms with Crippen LogP contribution in [0.15, 0.2) is 261 Å². The summed E-state index contributed by atoms with van der Waals surface area (Å²) in [7, 11) is 0. The molecule has 0 atom stereocenters. The number of hydrogen-bond acceptors (Lipinski definition) is 2. The van der Waals surface area contributed by atoms with Crippen molar-refractivity contribution in [2.24, 2.45) is 0 Å². The van der Waals surface area contributed by atoms with Crippen molar-refractivity contribution in [3.63, 3.8) is 0 Å². The van der Waals surface area contributed by atoms with Gasteiger partial charge in [0.2, 0.25) is 0 Å². The van der Waals surface area contributed by atoms with E-state index in [9.17, 15) is 0 Å². The van der Waals surface area contributed by atoms with Crippen LogP contribution in [-0.4, -0.2) is 0 Å². The number of para-hydroxylation sites is 4. The Morgan fingerprint density at radius 3 is 0.875 bits per heavy atom. The third kappa shape index (κ3) is 5.84. The fourth-order valence-electron chi connectivity index (χ4n) is 13.0. The van der Waals surface area contributed by atoms with E-state index in [4.69, 9.17) is 0 Å². The summed E-state index contributed by atoms with van der Waals surface area (Å²) in [6.07, 6.45) is 0. The molecule has 2 aliphatic rings. The molecule has 0 aliphatic carbocycles. The zero-order valence-corrected chi connectivity index (χ0v) is 40.7. The monoisotopic (exact) mass is 920 g/mol. The lowest BCUT2D eigenvalue weighted by atomic mass is 9.62. The molecule has 0 radical (unpaired) electrons. The van der Waals surface area contributed by atoms with Gasteiger partial charge in [-0.3, -0.25) is 0 Å². The van der Waals surface area contributed by atoms with Gasteiger partial charge in [0.1, 0.15) is 0 Å². The molecule has 12 aromatic rings. The molecular weight excluding hydrogens is 869 g/mol. The van der Waals surface area contributed by atoms with E-state index in [2.05, 4.69) is 291 Å². The highest BCUT2D eigenvalue weighted by Crippen LogP contribution is 2.62. The Labute approximate surface area is 422 Å². The zero-order chi connectivity index (χ0) is 48.2. The van der Waals surface area contributed by atoms with Crippen molar-refractivity contribution in [3.05, 3.63) is 311 Å². The van der Waals surface area contributed by atoms with E-state index >= 15 is 0 Å². The van der Waals surface area contributed by atoms with Gasteiger partial charge < -0.3 is 9.80 Å². The van der Waals surface area contributed by atoms with Crippen LogP contribution in [0.5, 0.6) is 0 Å². The minimum Gasteiger partial charge on any atom is -0.309 e. The fraction of sp³-hybridized carbons (Fsp3) is 0.0857. The van der Waals surface area contributed by atoms with Crippen LogP contribution < -0.4 is 9.80 Å². The third-order valence-electron chi connectivity index (χ3n) is 16.0. The number of fused-ring (bicyclic) bond motifs is 4. The number of nitrogens with zero attached hydrogens (tertiary/aromatic N) is 2. The first-order chi connectivity index (χ1) is 35.4. The topological polar surface area (TPSA) is 6.48 Å². The molecule has 72 heavy (non-hydrogen) atoms. The van der Waals surface area contributed by atoms with E-state index in [1.54, 1.807) is 0 Å². The predicted molar refractivity (Wildman–Crippen MR) is 302 cm³/mol. The number of benzene rings is 12. The summed E-state index contributed by atoms with van der Waals surface area (Å²) in [4.78, 5) is 5.18. The lowest BCUT2D eigenvalue weighted by molar-refractivity contribution is 0.591. The van der Waals surface area contributed by atoms with Crippen LogP contribution in [-0.2, 0) is 16.2 Å². The van der Waals surface area contributed by atoms with Gasteiger partial charge in [0.15, 0.2) is 0 Å². The van der Waals surface area contributed by atoms with E-state index in [0.717, 1.165) is 34.1 Å². The molecular formula is C70H52N2. The predicted octanol–water partition coefficient (Wildman–Crippen LogP) is 18.2. The SMILES string of the molecule is CC(C)(C)c1cc2ccc3c(N4c5ccccc5C(c5ccccc5)(c5ccccc5)c5ccccc54)cc(N4c5ccccc5C(c5ccccc5)(c5ccccc5)c5ccccc54)c4ccc(c1)c2c34. The summed E-state index contributed by atoms with van der Waals surface area (Å²) in [6, 6.07) is 98.1. The first-order valence-corrected chi connectivity index (χ1v) is 25.3. The minimum atomic E-state index is -0.592. The van der Waals surface area contributed by atoms with Crippen molar-refractivity contribution in [2.45, 2.75) is 37.0 Å². The summed E-state index contributed by atoms with van der Waals surface area (Å²) >= 11 is 0. The maximum Gasteiger partial charge on any atom is 0.0742 e. The molecule has 2 heteroatoms. The molecule has 0 unspecified atom stereocenters. The fourth-order valence-corrected chi connectivity index (χ4v) is 13.0. The van der Waals surface area contributed by atoms with Crippen LogP contribution in [0.4, 0.5) is 34.1 Å². The summed E-state index contributed by atoms with van der Waals surface area (Å²) in [6.45, 7) is 6.97. The maximum atomic E-state index is 2.59. The van der Waals surface area contributed by atoms with Gasteiger partial charge in [-0.05, 0) is 102 Å². The van der Waals surface area contributed by atoms with Gasteiger partial charge in [-0.15, -0.1) is 0 Å². The van der Waals surface area contributed by atoms with Crippen LogP contribution in [0.3, 0.4) is 0 Å². The normalized spacial score (nSPS) is 14.5. The summed E-state index contributed by atoms with van der Waals surface area (Å²) in [5.41, 5.74) is 17.0. The second-order valence-electron chi connectivity index (χ2n) is 20.8. The molecule has 2 aliphatic heterocycles. The first kappa shape index (κ1) is 42.2. The van der Waals surface area contributed by atoms with E-state index in [1.807, 2.05) is 0 Å². The van der Waals surface area contributed by atoms with Gasteiger partial charge in [0.05, 0.1) is 45.0 Å². The Morgan fingerprint density at radius 2 is 0.569 bits per heavy atom. The Morgan fingerprint density at radius 1 is 0.278 bits per heavy atom. The van der Waals surface area contributed by atoms with Crippen LogP contribution >= 0.6 is 0 Å². The van der Waals surface area contributed by atoms with Gasteiger partial charge in [-0.1, -0.05) is 251 Å². The minimum absolute atomic E-state index is 0.0166. The summed E-state index contributed by atoms with van der Waals surface area (Å²) in [5.74, 6) is 0. The van der Waals surface area contributed by atoms with E-state index in [1.165, 1.54) is 82.4 Å². The Balaban J connectivity index is 1.12. The van der Waals surface area contributed by atoms with Crippen molar-refractivity contribution >= 4 is 66.4 Å². The van der Waals surface area contributed by atoms with Gasteiger partial charge in [-0.2, -0.15) is 0 Å². The zero-order valence-electron chi connectivity index (χ0n) is 40.7. The lowest BCUT2D eigenvalue weighted by Crippen LogP contribution is -2.38. The Bertz CT molecular complexity index is 3590. The smallest absolute Gasteiger partial charge is 0.0742 e. The lowest BCUT2D eigenvalue weighted by Gasteiger charge is -2.48. The average molecular weight is 921 g/mol. The van der Waals surface area contributed by atoms with Crippen molar-refractivity contribution in [1.82, 2.24) is 0 Å². The highest BCUT2D eigenvalue weighted by Gasteiger charge is 2.49. The molecule has 342 valence electrons. The van der Waals surface area contributed by atoms with Gasteiger partial charge in [0.25, 0.3) is 0 Å². The average Bonchev–Trinajstić information content (AvgIpc) is 3.44. The molecule has 14 rings (SSSR count). The van der Waals surface area contributed by atoms with E-state index < -0.39 is 10.8 Å². The van der Waals surface area contributed by atoms with Crippen molar-refractivity contribution in [2.75, 3.05) is 9.80 Å². The molecule has 0 aromatic heterocycles. The number of anilines is 6. The number of rotatable bonds is 6. The molecule has 0 N–H and O–H groups in total. The molecule has 0 amide bonds. The highest BCUT2D eigenvalue weighted by molar-refractivity contribution is 6.29. The third-order valence-corrected chi connectivity index (χ3v) is 16.0. The Hall–Kier alpha value is -8.72. The quantitative estimate of drug-likeness (QED) is 0.153. The number of hydrogen-bond donors (Lipinski definition) is 0. The second kappa shape index (κ2) is 15.9. The van der Waals surface area contributed by atoms with Crippen molar-refractivity contribution in [3.8, 4) is 0 Å². The van der Waals surface area contributed by atoms with Gasteiger partial charge in [-0.25, -0.2) is 0 Å². The summed E-state index contributed by atoms with van der Waals surface area (Å²) in [5, 5.41) is 7.52. The molecule has 2 nitrogen and oxygen atoms in total. The Kier molecular flexibility index (Phi) is 9.32. The van der Waals surface area contributed by atoms with Crippen LogP contribution in [0.1, 0.15) is 70.8 Å². The molecule has 2 heterocycles. The first-order valence-electron chi connectivity index (χ1n) is 25.3. The van der Waals surface area contributed by atoms with Gasteiger partial charge in [0, 0.05) is 16.2 Å². The van der Waals surface area contributed by atoms with Gasteiger partial charge >= 0.3 is 0 Å². The van der Waals surface area contributed by atoms with Crippen molar-refractivity contribution < 1.29 is 0 Å². The molecule has 0 saturated carbocycles. The molecule has 0 spiro atoms. The summed E-state index contributed by atoms with van der Waals surface area (Å²) < 4.78 is 0. The molecule has 0 fully saturated rings. The highest BCUT2D eigenvalue weighted by atomic mass is 15.2. The second-order valence-corrected chi connectivity index (χ2v) is 20.8. The van der Waals surface area contributed by atoms with Crippen LogP contribution in [0.2, 0.25) is 0 Å². The molecule has 0 bridgehead atoms. The molecule has 0 saturated heterocycles. The van der Waals surface area contributed by atoms with E-state index in [0.29, 0.717) is 0 Å². The van der Waals surface area contributed by atoms with Crippen LogP contribution in [0, 0.1) is 0 Å².